The summed E-state index contributed by atoms with van der Waals surface area (Å²) in [5.74, 6) is 0.123. The number of hydrogen-bond donors (Lipinski definition) is 0. The van der Waals surface area contributed by atoms with Crippen LogP contribution in [-0.4, -0.2) is 0 Å². The van der Waals surface area contributed by atoms with Crippen LogP contribution >= 0.6 is 0 Å². The van der Waals surface area contributed by atoms with Crippen LogP contribution in [0, 0.1) is 23.5 Å². The fourth-order valence-corrected chi connectivity index (χ4v) is 5.36. The lowest BCUT2D eigenvalue weighted by molar-refractivity contribution is 0.296. The SMILES string of the molecule is C=CC1CCC(CCc2ccc(-c3ccc(-c4ccc(CCCCC)c(F)c4F)cc3)cc2)CC1. The van der Waals surface area contributed by atoms with Crippen molar-refractivity contribution in [2.75, 3.05) is 0 Å². The number of benzene rings is 3. The van der Waals surface area contributed by atoms with E-state index in [1.807, 2.05) is 24.3 Å². The molecule has 0 bridgehead atoms. The summed E-state index contributed by atoms with van der Waals surface area (Å²) < 4.78 is 29.4. The standard InChI is InChI=1S/C33H38F2/c1-3-5-6-7-30-22-23-31(33(35)32(30)34)29-20-18-28(19-21-29)27-16-14-26(15-17-27)13-12-25-10-8-24(4-2)9-11-25/h4,14-25H,2-3,5-13H2,1H3. The van der Waals surface area contributed by atoms with Gasteiger partial charge in [0.25, 0.3) is 0 Å². The quantitative estimate of drug-likeness (QED) is 0.203. The minimum absolute atomic E-state index is 0.325. The molecule has 0 spiro atoms. The van der Waals surface area contributed by atoms with Gasteiger partial charge in [0.2, 0.25) is 0 Å². The molecule has 0 radical (unpaired) electrons. The summed E-state index contributed by atoms with van der Waals surface area (Å²) >= 11 is 0. The third-order valence-electron chi connectivity index (χ3n) is 7.76. The lowest BCUT2D eigenvalue weighted by Gasteiger charge is -2.26. The smallest absolute Gasteiger partial charge is 0.166 e. The first-order chi connectivity index (χ1) is 17.1. The monoisotopic (exact) mass is 472 g/mol. The molecule has 3 aromatic carbocycles. The zero-order chi connectivity index (χ0) is 24.6. The van der Waals surface area contributed by atoms with Gasteiger partial charge in [-0.15, -0.1) is 6.58 Å². The Morgan fingerprint density at radius 2 is 1.37 bits per heavy atom. The molecule has 1 fully saturated rings. The highest BCUT2D eigenvalue weighted by molar-refractivity contribution is 5.71. The molecule has 0 heterocycles. The van der Waals surface area contributed by atoms with E-state index in [9.17, 15) is 8.78 Å². The highest BCUT2D eigenvalue weighted by atomic mass is 19.2. The van der Waals surface area contributed by atoms with Gasteiger partial charge in [0.1, 0.15) is 0 Å². The van der Waals surface area contributed by atoms with Crippen molar-refractivity contribution >= 4 is 0 Å². The normalized spacial score (nSPS) is 17.9. The van der Waals surface area contributed by atoms with Crippen molar-refractivity contribution in [2.45, 2.75) is 71.1 Å². The first-order valence-electron chi connectivity index (χ1n) is 13.4. The summed E-state index contributed by atoms with van der Waals surface area (Å²) in [4.78, 5) is 0. The van der Waals surface area contributed by atoms with Gasteiger partial charge in [-0.3, -0.25) is 0 Å². The third kappa shape index (κ3) is 6.48. The molecule has 1 saturated carbocycles. The number of allylic oxidation sites excluding steroid dienone is 1. The average molecular weight is 473 g/mol. The number of unbranched alkanes of at least 4 members (excludes halogenated alkanes) is 2. The van der Waals surface area contributed by atoms with Crippen LogP contribution in [0.1, 0.15) is 69.4 Å². The van der Waals surface area contributed by atoms with Crippen LogP contribution in [-0.2, 0) is 12.8 Å². The van der Waals surface area contributed by atoms with Crippen LogP contribution < -0.4 is 0 Å². The maximum atomic E-state index is 14.8. The van der Waals surface area contributed by atoms with Gasteiger partial charge in [-0.1, -0.05) is 86.5 Å². The molecular formula is C33H38F2. The Bertz CT molecular complexity index is 1090. The van der Waals surface area contributed by atoms with Crippen LogP contribution in [0.15, 0.2) is 73.3 Å². The largest absolute Gasteiger partial charge is 0.203 e. The molecule has 184 valence electrons. The zero-order valence-electron chi connectivity index (χ0n) is 21.0. The minimum atomic E-state index is -0.742. The molecule has 4 rings (SSSR count). The summed E-state index contributed by atoms with van der Waals surface area (Å²) in [6.45, 7) is 6.05. The van der Waals surface area contributed by atoms with E-state index in [2.05, 4.69) is 43.8 Å². The van der Waals surface area contributed by atoms with Gasteiger partial charge in [0.15, 0.2) is 11.6 Å². The fourth-order valence-electron chi connectivity index (χ4n) is 5.36. The molecule has 0 N–H and O–H groups in total. The summed E-state index contributed by atoms with van der Waals surface area (Å²) in [6.07, 6.45) is 13.3. The summed E-state index contributed by atoms with van der Waals surface area (Å²) in [6, 6.07) is 20.0. The Balaban J connectivity index is 1.37. The minimum Gasteiger partial charge on any atom is -0.203 e. The molecule has 0 aromatic heterocycles. The highest BCUT2D eigenvalue weighted by Crippen LogP contribution is 2.33. The van der Waals surface area contributed by atoms with Crippen LogP contribution in [0.4, 0.5) is 8.78 Å². The second kappa shape index (κ2) is 12.3. The van der Waals surface area contributed by atoms with Crippen molar-refractivity contribution in [2.24, 2.45) is 11.8 Å². The lowest BCUT2D eigenvalue weighted by atomic mass is 9.79. The van der Waals surface area contributed by atoms with Gasteiger partial charge >= 0.3 is 0 Å². The molecule has 35 heavy (non-hydrogen) atoms. The first-order valence-corrected chi connectivity index (χ1v) is 13.4. The Morgan fingerprint density at radius 1 is 0.743 bits per heavy atom. The molecule has 0 aliphatic heterocycles. The molecule has 0 atom stereocenters. The maximum Gasteiger partial charge on any atom is 0.166 e. The molecule has 1 aliphatic rings. The summed E-state index contributed by atoms with van der Waals surface area (Å²) in [5, 5.41) is 0. The third-order valence-corrected chi connectivity index (χ3v) is 7.76. The number of rotatable bonds is 10. The van der Waals surface area contributed by atoms with E-state index >= 15 is 0 Å². The first kappa shape index (κ1) is 25.4. The van der Waals surface area contributed by atoms with E-state index in [-0.39, 0.29) is 0 Å². The number of halogens is 2. The van der Waals surface area contributed by atoms with Crippen molar-refractivity contribution in [1.82, 2.24) is 0 Å². The molecule has 3 aromatic rings. The van der Waals surface area contributed by atoms with E-state index in [1.165, 1.54) is 37.7 Å². The van der Waals surface area contributed by atoms with Crippen LogP contribution in [0.5, 0.6) is 0 Å². The zero-order valence-corrected chi connectivity index (χ0v) is 21.0. The maximum absolute atomic E-state index is 14.8. The topological polar surface area (TPSA) is 0 Å². The van der Waals surface area contributed by atoms with E-state index in [1.54, 1.807) is 12.1 Å². The van der Waals surface area contributed by atoms with Crippen molar-refractivity contribution in [1.29, 1.82) is 0 Å². The van der Waals surface area contributed by atoms with Crippen LogP contribution in [0.25, 0.3) is 22.3 Å². The Hall–Kier alpha value is -2.74. The molecule has 0 amide bonds. The van der Waals surface area contributed by atoms with Gasteiger partial charge in [0, 0.05) is 5.56 Å². The molecule has 2 heteroatoms. The summed E-state index contributed by atoms with van der Waals surface area (Å²) in [5.41, 5.74) is 5.11. The summed E-state index contributed by atoms with van der Waals surface area (Å²) in [7, 11) is 0. The van der Waals surface area contributed by atoms with Gasteiger partial charge < -0.3 is 0 Å². The fraction of sp³-hybridized carbons (Fsp3) is 0.394. The average Bonchev–Trinajstić information content (AvgIpc) is 2.91. The van der Waals surface area contributed by atoms with E-state index in [4.69, 9.17) is 0 Å². The van der Waals surface area contributed by atoms with Gasteiger partial charge in [0.05, 0.1) is 0 Å². The second-order valence-corrected chi connectivity index (χ2v) is 10.2. The molecule has 0 saturated heterocycles. The molecular weight excluding hydrogens is 434 g/mol. The highest BCUT2D eigenvalue weighted by Gasteiger charge is 2.19. The van der Waals surface area contributed by atoms with Crippen molar-refractivity contribution in [3.8, 4) is 22.3 Å². The van der Waals surface area contributed by atoms with Gasteiger partial charge in [-0.25, -0.2) is 8.78 Å². The Labute approximate surface area is 210 Å². The second-order valence-electron chi connectivity index (χ2n) is 10.2. The van der Waals surface area contributed by atoms with E-state index in [0.29, 0.717) is 23.1 Å². The van der Waals surface area contributed by atoms with Crippen LogP contribution in [0.2, 0.25) is 0 Å². The van der Waals surface area contributed by atoms with Crippen molar-refractivity contribution < 1.29 is 8.78 Å². The van der Waals surface area contributed by atoms with Gasteiger partial charge in [-0.05, 0) is 91.0 Å². The van der Waals surface area contributed by atoms with E-state index < -0.39 is 11.6 Å². The molecule has 1 aliphatic carbocycles. The van der Waals surface area contributed by atoms with Gasteiger partial charge in [-0.2, -0.15) is 0 Å². The predicted molar refractivity (Wildman–Crippen MR) is 144 cm³/mol. The van der Waals surface area contributed by atoms with Crippen LogP contribution in [0.3, 0.4) is 0 Å². The lowest BCUT2D eigenvalue weighted by Crippen LogP contribution is -2.13. The Morgan fingerprint density at radius 3 is 2.00 bits per heavy atom. The number of aryl methyl sites for hydroxylation is 2. The van der Waals surface area contributed by atoms with E-state index in [0.717, 1.165) is 48.6 Å². The predicted octanol–water partition coefficient (Wildman–Crippen LogP) is 9.96. The molecule has 0 nitrogen and oxygen atoms in total. The number of hydrogen-bond acceptors (Lipinski definition) is 0. The van der Waals surface area contributed by atoms with Crippen molar-refractivity contribution in [3.63, 3.8) is 0 Å². The van der Waals surface area contributed by atoms with Crippen molar-refractivity contribution in [3.05, 3.63) is 96.1 Å². The Kier molecular flexibility index (Phi) is 8.90. The molecule has 0 unspecified atom stereocenters.